The molecule has 1 aliphatic heterocycles. The fourth-order valence-electron chi connectivity index (χ4n) is 3.51. The van der Waals surface area contributed by atoms with E-state index in [0.717, 1.165) is 18.1 Å². The minimum absolute atomic E-state index is 0.0636. The number of hydrogen-bond donors (Lipinski definition) is 1. The predicted molar refractivity (Wildman–Crippen MR) is 82.5 cm³/mol. The zero-order chi connectivity index (χ0) is 13.8. The van der Waals surface area contributed by atoms with E-state index in [1.165, 1.54) is 32.1 Å². The van der Waals surface area contributed by atoms with Gasteiger partial charge in [0.05, 0.1) is 6.04 Å². The van der Waals surface area contributed by atoms with Gasteiger partial charge in [0.15, 0.2) is 0 Å². The van der Waals surface area contributed by atoms with Gasteiger partial charge in [-0.15, -0.1) is 0 Å². The van der Waals surface area contributed by atoms with Crippen LogP contribution < -0.4 is 5.32 Å². The topological polar surface area (TPSA) is 32.3 Å². The maximum atomic E-state index is 12.5. The maximum absolute atomic E-state index is 12.5. The lowest BCUT2D eigenvalue weighted by atomic mass is 9.77. The summed E-state index contributed by atoms with van der Waals surface area (Å²) in [7, 11) is 1.96. The van der Waals surface area contributed by atoms with Crippen LogP contribution in [0.4, 0.5) is 0 Å². The zero-order valence-electron chi connectivity index (χ0n) is 12.5. The smallest absolute Gasteiger partial charge is 0.239 e. The van der Waals surface area contributed by atoms with Gasteiger partial charge in [-0.05, 0) is 44.8 Å². The Kier molecular flexibility index (Phi) is 5.58. The molecule has 1 saturated heterocycles. The molecule has 0 radical (unpaired) electrons. The first-order valence-corrected chi connectivity index (χ1v) is 9.04. The van der Waals surface area contributed by atoms with Crippen molar-refractivity contribution >= 4 is 17.7 Å². The molecule has 0 aromatic rings. The number of hydrogen-bond acceptors (Lipinski definition) is 3. The highest BCUT2D eigenvalue weighted by Crippen LogP contribution is 2.32. The van der Waals surface area contributed by atoms with Crippen LogP contribution >= 0.6 is 11.8 Å². The first-order valence-electron chi connectivity index (χ1n) is 7.65. The third-order valence-corrected chi connectivity index (χ3v) is 5.68. The van der Waals surface area contributed by atoms with Gasteiger partial charge < -0.3 is 10.2 Å². The highest BCUT2D eigenvalue weighted by molar-refractivity contribution is 7.98. The van der Waals surface area contributed by atoms with Gasteiger partial charge in [0.25, 0.3) is 0 Å². The number of fused-ring (bicyclic) bond motifs is 1. The van der Waals surface area contributed by atoms with Crippen molar-refractivity contribution in [1.82, 2.24) is 10.2 Å². The number of nitrogens with zero attached hydrogens (tertiary/aromatic N) is 1. The number of amides is 1. The van der Waals surface area contributed by atoms with Gasteiger partial charge in [-0.25, -0.2) is 0 Å². The number of piperidine rings is 1. The lowest BCUT2D eigenvalue weighted by Crippen LogP contribution is -2.56. The molecule has 1 amide bonds. The van der Waals surface area contributed by atoms with E-state index in [0.29, 0.717) is 18.0 Å². The van der Waals surface area contributed by atoms with Crippen LogP contribution in [-0.2, 0) is 4.79 Å². The van der Waals surface area contributed by atoms with Crippen LogP contribution in [-0.4, -0.2) is 48.0 Å². The summed E-state index contributed by atoms with van der Waals surface area (Å²) in [5, 5.41) is 3.64. The zero-order valence-corrected chi connectivity index (χ0v) is 13.3. The largest absolute Gasteiger partial charge is 0.341 e. The standard InChI is InChI=1S/C15H28N2OS/c1-11(10-19-3)17(2)15(18)14-9-8-12-6-4-5-7-13(12)16-14/h11-14,16H,4-10H2,1-3H3. The fraction of sp³-hybridized carbons (Fsp3) is 0.933. The molecule has 0 aromatic heterocycles. The molecule has 110 valence electrons. The number of thioether (sulfide) groups is 1. The summed E-state index contributed by atoms with van der Waals surface area (Å²) < 4.78 is 0. The molecular weight excluding hydrogens is 256 g/mol. The first kappa shape index (κ1) is 15.2. The van der Waals surface area contributed by atoms with Crippen molar-refractivity contribution in [3.63, 3.8) is 0 Å². The van der Waals surface area contributed by atoms with Crippen molar-refractivity contribution in [2.75, 3.05) is 19.1 Å². The van der Waals surface area contributed by atoms with Gasteiger partial charge >= 0.3 is 0 Å². The number of carbonyl (C=O) groups is 1. The van der Waals surface area contributed by atoms with Crippen LogP contribution in [0, 0.1) is 5.92 Å². The molecule has 4 unspecified atom stereocenters. The molecule has 3 nitrogen and oxygen atoms in total. The number of nitrogens with one attached hydrogen (secondary N) is 1. The molecule has 19 heavy (non-hydrogen) atoms. The molecule has 4 heteroatoms. The van der Waals surface area contributed by atoms with E-state index in [1.54, 1.807) is 11.8 Å². The molecule has 1 saturated carbocycles. The lowest BCUT2D eigenvalue weighted by molar-refractivity contribution is -0.135. The Morgan fingerprint density at radius 2 is 2.05 bits per heavy atom. The van der Waals surface area contributed by atoms with E-state index in [9.17, 15) is 4.79 Å². The summed E-state index contributed by atoms with van der Waals surface area (Å²) in [4.78, 5) is 14.5. The normalized spacial score (nSPS) is 32.5. The monoisotopic (exact) mass is 284 g/mol. The summed E-state index contributed by atoms with van der Waals surface area (Å²) in [6.45, 7) is 2.14. The molecule has 1 heterocycles. The van der Waals surface area contributed by atoms with E-state index in [2.05, 4.69) is 18.5 Å². The van der Waals surface area contributed by atoms with E-state index < -0.39 is 0 Å². The third kappa shape index (κ3) is 3.66. The van der Waals surface area contributed by atoms with Crippen LogP contribution in [0.2, 0.25) is 0 Å². The van der Waals surface area contributed by atoms with E-state index >= 15 is 0 Å². The average molecular weight is 284 g/mol. The molecule has 0 aromatic carbocycles. The van der Waals surface area contributed by atoms with Crippen LogP contribution in [0.25, 0.3) is 0 Å². The van der Waals surface area contributed by atoms with Gasteiger partial charge in [-0.3, -0.25) is 4.79 Å². The van der Waals surface area contributed by atoms with Crippen LogP contribution in [0.5, 0.6) is 0 Å². The Morgan fingerprint density at radius 3 is 2.79 bits per heavy atom. The average Bonchev–Trinajstić information content (AvgIpc) is 2.45. The van der Waals surface area contributed by atoms with Crippen LogP contribution in [0.15, 0.2) is 0 Å². The predicted octanol–water partition coefficient (Wildman–Crippen LogP) is 2.51. The second-order valence-corrected chi connectivity index (χ2v) is 7.11. The molecule has 2 aliphatic rings. The summed E-state index contributed by atoms with van der Waals surface area (Å²) in [5.74, 6) is 2.14. The quantitative estimate of drug-likeness (QED) is 0.861. The Labute approximate surface area is 121 Å². The summed E-state index contributed by atoms with van der Waals surface area (Å²) >= 11 is 1.81. The number of carbonyl (C=O) groups excluding carboxylic acids is 1. The van der Waals surface area contributed by atoms with Crippen LogP contribution in [0.1, 0.15) is 45.4 Å². The van der Waals surface area contributed by atoms with Crippen molar-refractivity contribution in [3.8, 4) is 0 Å². The lowest BCUT2D eigenvalue weighted by Gasteiger charge is -2.41. The highest BCUT2D eigenvalue weighted by Gasteiger charge is 2.35. The second-order valence-electron chi connectivity index (χ2n) is 6.20. The Bertz CT molecular complexity index is 311. The van der Waals surface area contributed by atoms with Gasteiger partial charge in [0.2, 0.25) is 5.91 Å². The Balaban J connectivity index is 1.89. The van der Waals surface area contributed by atoms with Crippen LogP contribution in [0.3, 0.4) is 0 Å². The van der Waals surface area contributed by atoms with E-state index in [-0.39, 0.29) is 6.04 Å². The van der Waals surface area contributed by atoms with Gasteiger partial charge in [-0.2, -0.15) is 11.8 Å². The van der Waals surface area contributed by atoms with Crippen molar-refractivity contribution < 1.29 is 4.79 Å². The van der Waals surface area contributed by atoms with Gasteiger partial charge in [0.1, 0.15) is 0 Å². The molecular formula is C15H28N2OS. The minimum Gasteiger partial charge on any atom is -0.341 e. The Morgan fingerprint density at radius 1 is 1.32 bits per heavy atom. The van der Waals surface area contributed by atoms with E-state index in [1.807, 2.05) is 11.9 Å². The molecule has 4 atom stereocenters. The number of likely N-dealkylation sites (N-methyl/N-ethyl adjacent to an activating group) is 1. The minimum atomic E-state index is 0.0636. The molecule has 2 fully saturated rings. The Hall–Kier alpha value is -0.220. The van der Waals surface area contributed by atoms with Gasteiger partial charge in [0, 0.05) is 24.9 Å². The summed E-state index contributed by atoms with van der Waals surface area (Å²) in [6.07, 6.45) is 9.69. The number of rotatable bonds is 4. The third-order valence-electron chi connectivity index (χ3n) is 4.87. The highest BCUT2D eigenvalue weighted by atomic mass is 32.2. The van der Waals surface area contributed by atoms with Crippen molar-refractivity contribution in [1.29, 1.82) is 0 Å². The van der Waals surface area contributed by atoms with Gasteiger partial charge in [-0.1, -0.05) is 12.8 Å². The summed E-state index contributed by atoms with van der Waals surface area (Å²) in [6, 6.07) is 0.989. The SMILES string of the molecule is CSCC(C)N(C)C(=O)C1CCC2CCCCC2N1. The molecule has 2 rings (SSSR count). The van der Waals surface area contributed by atoms with Crippen molar-refractivity contribution in [2.45, 2.75) is 63.6 Å². The molecule has 1 N–H and O–H groups in total. The fourth-order valence-corrected chi connectivity index (χ4v) is 4.21. The maximum Gasteiger partial charge on any atom is 0.239 e. The molecule has 0 bridgehead atoms. The second kappa shape index (κ2) is 6.98. The first-order chi connectivity index (χ1) is 9.13. The van der Waals surface area contributed by atoms with E-state index in [4.69, 9.17) is 0 Å². The van der Waals surface area contributed by atoms with Crippen molar-refractivity contribution in [3.05, 3.63) is 0 Å². The van der Waals surface area contributed by atoms with Crippen molar-refractivity contribution in [2.24, 2.45) is 5.92 Å². The summed E-state index contributed by atoms with van der Waals surface area (Å²) in [5.41, 5.74) is 0. The molecule has 0 spiro atoms. The molecule has 1 aliphatic carbocycles.